The van der Waals surface area contributed by atoms with Gasteiger partial charge in [0.25, 0.3) is 5.91 Å². The maximum absolute atomic E-state index is 13.0. The molecule has 1 heterocycles. The van der Waals surface area contributed by atoms with Crippen molar-refractivity contribution in [1.29, 1.82) is 0 Å². The summed E-state index contributed by atoms with van der Waals surface area (Å²) in [6.45, 7) is -0.243. The molecule has 9 nitrogen and oxygen atoms in total. The minimum atomic E-state index is -1.44. The molecule has 1 fully saturated rings. The highest BCUT2D eigenvalue weighted by molar-refractivity contribution is 6.32. The Labute approximate surface area is 190 Å². The standard InChI is InChI=1S/C22H26ClNO8/c1-29-15-9-16(31-11-12-6-4-3-5-7-12)14(23)8-13(15)21(28)24-18-20(27)19(26)17(10-25)32-22(18)30-2/h3-9,17-20,22,25-27H,10-11H2,1-2H3,(H,24,28)/t17-,18-,19-,20-,22+/m1/s1. The second kappa shape index (κ2) is 11.0. The van der Waals surface area contributed by atoms with Crippen LogP contribution in [0.3, 0.4) is 0 Å². The first-order chi connectivity index (χ1) is 15.4. The van der Waals surface area contributed by atoms with Crippen molar-refractivity contribution >= 4 is 17.5 Å². The van der Waals surface area contributed by atoms with Gasteiger partial charge in [0.2, 0.25) is 0 Å². The molecule has 0 unspecified atom stereocenters. The van der Waals surface area contributed by atoms with E-state index in [2.05, 4.69) is 5.32 Å². The summed E-state index contributed by atoms with van der Waals surface area (Å²) in [7, 11) is 2.71. The van der Waals surface area contributed by atoms with Crippen LogP contribution in [0.4, 0.5) is 0 Å². The molecule has 5 atom stereocenters. The van der Waals surface area contributed by atoms with Crippen LogP contribution < -0.4 is 14.8 Å². The predicted molar refractivity (Wildman–Crippen MR) is 115 cm³/mol. The van der Waals surface area contributed by atoms with Crippen LogP contribution in [-0.2, 0) is 16.1 Å². The van der Waals surface area contributed by atoms with Crippen molar-refractivity contribution < 1.29 is 39.1 Å². The summed E-state index contributed by atoms with van der Waals surface area (Å²) in [5, 5.41) is 32.6. The zero-order valence-corrected chi connectivity index (χ0v) is 18.4. The van der Waals surface area contributed by atoms with Crippen LogP contribution in [0.5, 0.6) is 11.5 Å². The maximum Gasteiger partial charge on any atom is 0.255 e. The second-order valence-electron chi connectivity index (χ2n) is 7.20. The number of aliphatic hydroxyl groups is 3. The number of ether oxygens (including phenoxy) is 4. The summed E-state index contributed by atoms with van der Waals surface area (Å²) < 4.78 is 21.7. The third-order valence-electron chi connectivity index (χ3n) is 5.15. The third kappa shape index (κ3) is 5.32. The van der Waals surface area contributed by atoms with Crippen molar-refractivity contribution in [1.82, 2.24) is 5.32 Å². The molecule has 3 rings (SSSR count). The monoisotopic (exact) mass is 467 g/mol. The van der Waals surface area contributed by atoms with Crippen LogP contribution in [0.15, 0.2) is 42.5 Å². The summed E-state index contributed by atoms with van der Waals surface area (Å²) in [5.74, 6) is -0.104. The van der Waals surface area contributed by atoms with Gasteiger partial charge in [-0.15, -0.1) is 0 Å². The number of aliphatic hydroxyl groups excluding tert-OH is 3. The Bertz CT molecular complexity index is 910. The summed E-state index contributed by atoms with van der Waals surface area (Å²) in [5.41, 5.74) is 1.03. The molecule has 0 aliphatic carbocycles. The number of halogens is 1. The lowest BCUT2D eigenvalue weighted by Gasteiger charge is -2.41. The summed E-state index contributed by atoms with van der Waals surface area (Å²) in [4.78, 5) is 13.0. The molecule has 1 aliphatic rings. The molecule has 0 spiro atoms. The first-order valence-corrected chi connectivity index (χ1v) is 10.3. The second-order valence-corrected chi connectivity index (χ2v) is 7.61. The molecular formula is C22H26ClNO8. The average Bonchev–Trinajstić information content (AvgIpc) is 2.81. The summed E-state index contributed by atoms with van der Waals surface area (Å²) >= 11 is 6.33. The van der Waals surface area contributed by atoms with E-state index in [9.17, 15) is 20.1 Å². The largest absolute Gasteiger partial charge is 0.496 e. The third-order valence-corrected chi connectivity index (χ3v) is 5.44. The zero-order valence-electron chi connectivity index (χ0n) is 17.6. The number of methoxy groups -OCH3 is 2. The quantitative estimate of drug-likeness (QED) is 0.455. The van der Waals surface area contributed by atoms with Gasteiger partial charge in [-0.05, 0) is 11.6 Å². The van der Waals surface area contributed by atoms with E-state index in [1.807, 2.05) is 30.3 Å². The van der Waals surface area contributed by atoms with Crippen LogP contribution in [0.25, 0.3) is 0 Å². The number of benzene rings is 2. The van der Waals surface area contributed by atoms with Crippen molar-refractivity contribution in [3.05, 3.63) is 58.6 Å². The molecule has 0 saturated carbocycles. The van der Waals surface area contributed by atoms with Gasteiger partial charge in [0.15, 0.2) is 6.29 Å². The fraction of sp³-hybridized carbons (Fsp3) is 0.409. The molecule has 1 saturated heterocycles. The molecule has 0 bridgehead atoms. The number of carbonyl (C=O) groups excluding carboxylic acids is 1. The van der Waals surface area contributed by atoms with Crippen LogP contribution in [-0.4, -0.2) is 72.7 Å². The van der Waals surface area contributed by atoms with E-state index in [1.165, 1.54) is 26.4 Å². The summed E-state index contributed by atoms with van der Waals surface area (Å²) in [6.07, 6.45) is -5.00. The minimum Gasteiger partial charge on any atom is -0.496 e. The highest BCUT2D eigenvalue weighted by Gasteiger charge is 2.45. The van der Waals surface area contributed by atoms with E-state index >= 15 is 0 Å². The molecule has 4 N–H and O–H groups in total. The SMILES string of the molecule is COc1cc(OCc2ccccc2)c(Cl)cc1C(=O)N[C@H]1[C@@H](OC)O[C@H](CO)[C@@H](O)[C@@H]1O. The van der Waals surface area contributed by atoms with E-state index in [0.29, 0.717) is 5.75 Å². The zero-order chi connectivity index (χ0) is 23.3. The van der Waals surface area contributed by atoms with Crippen molar-refractivity contribution in [2.75, 3.05) is 20.8 Å². The molecule has 0 aromatic heterocycles. The Morgan fingerprint density at radius 1 is 1.12 bits per heavy atom. The topological polar surface area (TPSA) is 127 Å². The number of nitrogens with one attached hydrogen (secondary N) is 1. The first kappa shape index (κ1) is 24.2. The number of amides is 1. The van der Waals surface area contributed by atoms with Gasteiger partial charge in [-0.2, -0.15) is 0 Å². The Hall–Kier alpha value is -2.40. The number of hydrogen-bond acceptors (Lipinski definition) is 8. The molecule has 1 amide bonds. The van der Waals surface area contributed by atoms with E-state index in [-0.39, 0.29) is 22.9 Å². The molecule has 1 aliphatic heterocycles. The maximum atomic E-state index is 13.0. The molecule has 2 aromatic rings. The van der Waals surface area contributed by atoms with Gasteiger partial charge in [0.05, 0.1) is 24.3 Å². The van der Waals surface area contributed by atoms with Gasteiger partial charge < -0.3 is 39.6 Å². The van der Waals surface area contributed by atoms with E-state index < -0.39 is 43.2 Å². The van der Waals surface area contributed by atoms with Gasteiger partial charge in [0.1, 0.15) is 42.5 Å². The predicted octanol–water partition coefficient (Wildman–Crippen LogP) is 1.11. The lowest BCUT2D eigenvalue weighted by molar-refractivity contribution is -0.261. The average molecular weight is 468 g/mol. The minimum absolute atomic E-state index is 0.0883. The Morgan fingerprint density at radius 2 is 1.84 bits per heavy atom. The molecule has 0 radical (unpaired) electrons. The van der Waals surface area contributed by atoms with Gasteiger partial charge in [-0.1, -0.05) is 41.9 Å². The van der Waals surface area contributed by atoms with E-state index in [0.717, 1.165) is 5.56 Å². The molecular weight excluding hydrogens is 442 g/mol. The van der Waals surface area contributed by atoms with E-state index in [1.54, 1.807) is 0 Å². The molecule has 32 heavy (non-hydrogen) atoms. The highest BCUT2D eigenvalue weighted by atomic mass is 35.5. The molecule has 2 aromatic carbocycles. The highest BCUT2D eigenvalue weighted by Crippen LogP contribution is 2.34. The van der Waals surface area contributed by atoms with Crippen molar-refractivity contribution in [3.8, 4) is 11.5 Å². The number of carbonyl (C=O) groups is 1. The number of rotatable bonds is 8. The van der Waals surface area contributed by atoms with Crippen LogP contribution >= 0.6 is 11.6 Å². The van der Waals surface area contributed by atoms with Crippen molar-refractivity contribution in [3.63, 3.8) is 0 Å². The first-order valence-electron chi connectivity index (χ1n) is 9.90. The van der Waals surface area contributed by atoms with Gasteiger partial charge in [0, 0.05) is 13.2 Å². The van der Waals surface area contributed by atoms with Crippen LogP contribution in [0.1, 0.15) is 15.9 Å². The van der Waals surface area contributed by atoms with Crippen LogP contribution in [0.2, 0.25) is 5.02 Å². The smallest absolute Gasteiger partial charge is 0.255 e. The van der Waals surface area contributed by atoms with Crippen molar-refractivity contribution in [2.24, 2.45) is 0 Å². The van der Waals surface area contributed by atoms with Crippen molar-refractivity contribution in [2.45, 2.75) is 37.3 Å². The lowest BCUT2D eigenvalue weighted by Crippen LogP contribution is -2.64. The lowest BCUT2D eigenvalue weighted by atomic mass is 9.96. The summed E-state index contributed by atoms with van der Waals surface area (Å²) in [6, 6.07) is 11.3. The van der Waals surface area contributed by atoms with E-state index in [4.69, 9.17) is 30.5 Å². The van der Waals surface area contributed by atoms with Gasteiger partial charge in [-0.25, -0.2) is 0 Å². The Morgan fingerprint density at radius 3 is 2.47 bits per heavy atom. The number of hydrogen-bond donors (Lipinski definition) is 4. The Kier molecular flexibility index (Phi) is 8.30. The normalized spacial score (nSPS) is 25.2. The fourth-order valence-electron chi connectivity index (χ4n) is 3.39. The van der Waals surface area contributed by atoms with Gasteiger partial charge in [-0.3, -0.25) is 4.79 Å². The van der Waals surface area contributed by atoms with Crippen LogP contribution in [0, 0.1) is 0 Å². The fourth-order valence-corrected chi connectivity index (χ4v) is 3.61. The van der Waals surface area contributed by atoms with Gasteiger partial charge >= 0.3 is 0 Å². The molecule has 10 heteroatoms. The Balaban J connectivity index is 1.77. The molecule has 174 valence electrons.